The Kier molecular flexibility index (Phi) is 5.39. The first-order chi connectivity index (χ1) is 10.8. The largest absolute Gasteiger partial charge is 0.349 e. The van der Waals surface area contributed by atoms with Crippen molar-refractivity contribution in [1.82, 2.24) is 9.62 Å². The Bertz CT molecular complexity index is 699. The molecule has 1 amide bonds. The van der Waals surface area contributed by atoms with Crippen molar-refractivity contribution in [1.29, 1.82) is 5.26 Å². The monoisotopic (exact) mass is 335 g/mol. The molecule has 7 heteroatoms. The zero-order valence-corrected chi connectivity index (χ0v) is 14.1. The fourth-order valence-corrected chi connectivity index (χ4v) is 3.58. The SMILES string of the molecule is C[C@H](NC(=O)C1CCN(S(C)(=O)=O)CC1)c1ccc(C#N)cc1. The number of nitrogens with one attached hydrogen (secondary N) is 1. The number of carbonyl (C=O) groups is 1. The first-order valence-corrected chi connectivity index (χ1v) is 9.41. The quantitative estimate of drug-likeness (QED) is 0.900. The molecule has 0 aromatic heterocycles. The number of hydrogen-bond acceptors (Lipinski definition) is 4. The molecule has 1 aliphatic heterocycles. The van der Waals surface area contributed by atoms with Gasteiger partial charge in [-0.05, 0) is 37.5 Å². The molecule has 1 aromatic carbocycles. The van der Waals surface area contributed by atoms with Gasteiger partial charge in [0, 0.05) is 19.0 Å². The molecule has 2 rings (SSSR count). The van der Waals surface area contributed by atoms with Crippen LogP contribution in [0.1, 0.15) is 36.9 Å². The van der Waals surface area contributed by atoms with Gasteiger partial charge < -0.3 is 5.32 Å². The van der Waals surface area contributed by atoms with Gasteiger partial charge >= 0.3 is 0 Å². The number of benzene rings is 1. The summed E-state index contributed by atoms with van der Waals surface area (Å²) in [6.45, 7) is 2.68. The van der Waals surface area contributed by atoms with Crippen LogP contribution in [-0.4, -0.2) is 38.0 Å². The molecule has 0 bridgehead atoms. The lowest BCUT2D eigenvalue weighted by molar-refractivity contribution is -0.126. The summed E-state index contributed by atoms with van der Waals surface area (Å²) >= 11 is 0. The number of hydrogen-bond donors (Lipinski definition) is 1. The van der Waals surface area contributed by atoms with Gasteiger partial charge in [0.15, 0.2) is 0 Å². The van der Waals surface area contributed by atoms with Crippen molar-refractivity contribution >= 4 is 15.9 Å². The molecular formula is C16H21N3O3S. The fraction of sp³-hybridized carbons (Fsp3) is 0.500. The molecule has 0 unspecified atom stereocenters. The van der Waals surface area contributed by atoms with Crippen LogP contribution in [0.2, 0.25) is 0 Å². The van der Waals surface area contributed by atoms with E-state index in [0.29, 0.717) is 31.5 Å². The summed E-state index contributed by atoms with van der Waals surface area (Å²) < 4.78 is 24.4. The van der Waals surface area contributed by atoms with E-state index in [9.17, 15) is 13.2 Å². The molecule has 1 aliphatic rings. The molecule has 1 heterocycles. The summed E-state index contributed by atoms with van der Waals surface area (Å²) in [7, 11) is -3.17. The van der Waals surface area contributed by atoms with Gasteiger partial charge in [-0.25, -0.2) is 12.7 Å². The van der Waals surface area contributed by atoms with E-state index in [0.717, 1.165) is 5.56 Å². The van der Waals surface area contributed by atoms with Crippen LogP contribution in [0.3, 0.4) is 0 Å². The number of sulfonamides is 1. The van der Waals surface area contributed by atoms with E-state index in [4.69, 9.17) is 5.26 Å². The standard InChI is InChI=1S/C16H21N3O3S/c1-12(14-5-3-13(11-17)4-6-14)18-16(20)15-7-9-19(10-8-15)23(2,21)22/h3-6,12,15H,7-10H2,1-2H3,(H,18,20)/t12-/m0/s1. The predicted molar refractivity (Wildman–Crippen MR) is 86.9 cm³/mol. The van der Waals surface area contributed by atoms with E-state index < -0.39 is 10.0 Å². The van der Waals surface area contributed by atoms with Crippen LogP contribution in [0.15, 0.2) is 24.3 Å². The van der Waals surface area contributed by atoms with Crippen molar-refractivity contribution in [2.24, 2.45) is 5.92 Å². The van der Waals surface area contributed by atoms with E-state index in [1.54, 1.807) is 12.1 Å². The first kappa shape index (κ1) is 17.4. The normalized spacial score (nSPS) is 18.1. The van der Waals surface area contributed by atoms with Gasteiger partial charge in [0.25, 0.3) is 0 Å². The molecule has 1 aromatic rings. The highest BCUT2D eigenvalue weighted by molar-refractivity contribution is 7.88. The Hall–Kier alpha value is -1.91. The van der Waals surface area contributed by atoms with Crippen LogP contribution in [0.5, 0.6) is 0 Å². The molecule has 124 valence electrons. The number of amides is 1. The average Bonchev–Trinajstić information content (AvgIpc) is 2.54. The maximum Gasteiger partial charge on any atom is 0.223 e. The lowest BCUT2D eigenvalue weighted by Gasteiger charge is -2.30. The Balaban J connectivity index is 1.90. The zero-order valence-electron chi connectivity index (χ0n) is 13.3. The second-order valence-corrected chi connectivity index (χ2v) is 7.88. The summed E-state index contributed by atoms with van der Waals surface area (Å²) in [6, 6.07) is 9.02. The van der Waals surface area contributed by atoms with Crippen molar-refractivity contribution in [2.75, 3.05) is 19.3 Å². The predicted octanol–water partition coefficient (Wildman–Crippen LogP) is 1.41. The first-order valence-electron chi connectivity index (χ1n) is 7.57. The summed E-state index contributed by atoms with van der Waals surface area (Å²) in [5, 5.41) is 11.8. The van der Waals surface area contributed by atoms with Crippen molar-refractivity contribution in [3.05, 3.63) is 35.4 Å². The van der Waals surface area contributed by atoms with Gasteiger partial charge in [0.05, 0.1) is 23.9 Å². The van der Waals surface area contributed by atoms with Crippen LogP contribution in [0.4, 0.5) is 0 Å². The van der Waals surface area contributed by atoms with E-state index in [2.05, 4.69) is 11.4 Å². The second-order valence-electron chi connectivity index (χ2n) is 5.90. The molecule has 1 atom stereocenters. The highest BCUT2D eigenvalue weighted by Gasteiger charge is 2.29. The third-order valence-electron chi connectivity index (χ3n) is 4.19. The maximum atomic E-state index is 12.3. The molecular weight excluding hydrogens is 314 g/mol. The Morgan fingerprint density at radius 2 is 1.87 bits per heavy atom. The number of carbonyl (C=O) groups excluding carboxylic acids is 1. The average molecular weight is 335 g/mol. The maximum absolute atomic E-state index is 12.3. The Labute approximate surface area is 137 Å². The number of nitrogens with zero attached hydrogens (tertiary/aromatic N) is 2. The molecule has 0 aliphatic carbocycles. The zero-order chi connectivity index (χ0) is 17.0. The lowest BCUT2D eigenvalue weighted by atomic mass is 9.96. The summed E-state index contributed by atoms with van der Waals surface area (Å²) in [5.41, 5.74) is 1.52. The Morgan fingerprint density at radius 3 is 2.35 bits per heavy atom. The Morgan fingerprint density at radius 1 is 1.30 bits per heavy atom. The summed E-state index contributed by atoms with van der Waals surface area (Å²) in [4.78, 5) is 12.3. The van der Waals surface area contributed by atoms with Crippen LogP contribution in [0, 0.1) is 17.2 Å². The van der Waals surface area contributed by atoms with Gasteiger partial charge in [0.2, 0.25) is 15.9 Å². The highest BCUT2D eigenvalue weighted by atomic mass is 32.2. The van der Waals surface area contributed by atoms with Crippen LogP contribution < -0.4 is 5.32 Å². The van der Waals surface area contributed by atoms with Gasteiger partial charge in [-0.15, -0.1) is 0 Å². The van der Waals surface area contributed by atoms with Gasteiger partial charge in [0.1, 0.15) is 0 Å². The minimum Gasteiger partial charge on any atom is -0.349 e. The summed E-state index contributed by atoms with van der Waals surface area (Å²) in [5.74, 6) is -0.205. The molecule has 6 nitrogen and oxygen atoms in total. The molecule has 0 radical (unpaired) electrons. The summed E-state index contributed by atoms with van der Waals surface area (Å²) in [6.07, 6.45) is 2.28. The van der Waals surface area contributed by atoms with Gasteiger partial charge in [-0.1, -0.05) is 12.1 Å². The minimum absolute atomic E-state index is 0.0463. The van der Waals surface area contributed by atoms with Crippen molar-refractivity contribution in [3.63, 3.8) is 0 Å². The smallest absolute Gasteiger partial charge is 0.223 e. The molecule has 1 fully saturated rings. The topological polar surface area (TPSA) is 90.3 Å². The van der Waals surface area contributed by atoms with Gasteiger partial charge in [-0.3, -0.25) is 4.79 Å². The van der Waals surface area contributed by atoms with Crippen molar-refractivity contribution in [3.8, 4) is 6.07 Å². The van der Waals surface area contributed by atoms with Crippen molar-refractivity contribution < 1.29 is 13.2 Å². The third kappa shape index (κ3) is 4.53. The van der Waals surface area contributed by atoms with Crippen LogP contribution >= 0.6 is 0 Å². The number of nitriles is 1. The second kappa shape index (κ2) is 7.11. The van der Waals surface area contributed by atoms with E-state index in [1.165, 1.54) is 10.6 Å². The highest BCUT2D eigenvalue weighted by Crippen LogP contribution is 2.21. The minimum atomic E-state index is -3.17. The van der Waals surface area contributed by atoms with E-state index in [-0.39, 0.29) is 17.9 Å². The van der Waals surface area contributed by atoms with E-state index in [1.807, 2.05) is 19.1 Å². The lowest BCUT2D eigenvalue weighted by Crippen LogP contribution is -2.43. The number of rotatable bonds is 4. The van der Waals surface area contributed by atoms with Crippen molar-refractivity contribution in [2.45, 2.75) is 25.8 Å². The van der Waals surface area contributed by atoms with Crippen LogP contribution in [0.25, 0.3) is 0 Å². The van der Waals surface area contributed by atoms with Crippen LogP contribution in [-0.2, 0) is 14.8 Å². The van der Waals surface area contributed by atoms with Gasteiger partial charge in [-0.2, -0.15) is 5.26 Å². The third-order valence-corrected chi connectivity index (χ3v) is 5.50. The molecule has 0 spiro atoms. The molecule has 0 saturated carbocycles. The molecule has 1 N–H and O–H groups in total. The fourth-order valence-electron chi connectivity index (χ4n) is 2.71. The number of piperidine rings is 1. The molecule has 1 saturated heterocycles. The van der Waals surface area contributed by atoms with E-state index >= 15 is 0 Å². The molecule has 23 heavy (non-hydrogen) atoms.